The van der Waals surface area contributed by atoms with Gasteiger partial charge in [0.2, 0.25) is 0 Å². The third-order valence-corrected chi connectivity index (χ3v) is 6.71. The number of aromatic nitrogens is 3. The van der Waals surface area contributed by atoms with Crippen molar-refractivity contribution >= 4 is 23.0 Å². The van der Waals surface area contributed by atoms with E-state index in [2.05, 4.69) is 94.9 Å². The summed E-state index contributed by atoms with van der Waals surface area (Å²) >= 11 is 5.87. The van der Waals surface area contributed by atoms with E-state index in [9.17, 15) is 0 Å². The molecule has 166 valence electrons. The molecule has 0 spiro atoms. The van der Waals surface area contributed by atoms with Crippen LogP contribution in [0.3, 0.4) is 0 Å². The summed E-state index contributed by atoms with van der Waals surface area (Å²) in [7, 11) is 0. The van der Waals surface area contributed by atoms with Crippen LogP contribution in [0.15, 0.2) is 73.1 Å². The Balaban J connectivity index is 1.69. The number of pyridine rings is 2. The minimum absolute atomic E-state index is 0.0425. The van der Waals surface area contributed by atoms with Gasteiger partial charge in [0.1, 0.15) is 5.82 Å². The van der Waals surface area contributed by atoms with Gasteiger partial charge in [-0.05, 0) is 87.4 Å². The van der Waals surface area contributed by atoms with Gasteiger partial charge in [-0.1, -0.05) is 29.8 Å². The third-order valence-electron chi connectivity index (χ3n) is 6.39. The van der Waals surface area contributed by atoms with E-state index in [0.717, 1.165) is 34.2 Å². The first-order valence-corrected chi connectivity index (χ1v) is 11.5. The summed E-state index contributed by atoms with van der Waals surface area (Å²) in [5.41, 5.74) is 7.91. The average molecular weight is 454 g/mol. The van der Waals surface area contributed by atoms with Crippen molar-refractivity contribution in [3.8, 4) is 5.82 Å². The van der Waals surface area contributed by atoms with Crippen molar-refractivity contribution in [1.29, 1.82) is 0 Å². The maximum absolute atomic E-state index is 5.87. The summed E-state index contributed by atoms with van der Waals surface area (Å²) in [4.78, 5) is 11.6. The van der Waals surface area contributed by atoms with E-state index in [1.54, 1.807) is 0 Å². The molecule has 0 saturated carbocycles. The van der Waals surface area contributed by atoms with E-state index in [1.807, 2.05) is 30.6 Å². The van der Waals surface area contributed by atoms with Gasteiger partial charge in [-0.15, -0.1) is 0 Å². The molecule has 5 rings (SSSR count). The van der Waals surface area contributed by atoms with Crippen LogP contribution < -0.4 is 10.2 Å². The summed E-state index contributed by atoms with van der Waals surface area (Å²) in [6.07, 6.45) is 3.69. The fourth-order valence-electron chi connectivity index (χ4n) is 4.78. The lowest BCUT2D eigenvalue weighted by molar-refractivity contribution is 0.565. The molecule has 0 bridgehead atoms. The van der Waals surface area contributed by atoms with E-state index >= 15 is 0 Å². The van der Waals surface area contributed by atoms with Crippen molar-refractivity contribution in [2.45, 2.75) is 39.8 Å². The van der Waals surface area contributed by atoms with Crippen molar-refractivity contribution < 1.29 is 0 Å². The molecule has 4 aromatic rings. The van der Waals surface area contributed by atoms with Crippen molar-refractivity contribution in [1.82, 2.24) is 19.9 Å². The standard InChI is InChI=1S/C27H27N5S/c1-17-10-12-21(13-11-17)32-25(24(30-27(32)33)23-9-5-6-14-28-23)22-16-19(3)31(20(22)4)26-18(2)8-7-15-29-26/h5-16,24-25H,1-4H3,(H,30,33). The van der Waals surface area contributed by atoms with Crippen molar-refractivity contribution in [2.75, 3.05) is 4.90 Å². The lowest BCUT2D eigenvalue weighted by Crippen LogP contribution is -2.29. The first kappa shape index (κ1) is 21.3. The molecule has 33 heavy (non-hydrogen) atoms. The second kappa shape index (κ2) is 8.45. The number of nitrogens with zero attached hydrogens (tertiary/aromatic N) is 4. The van der Waals surface area contributed by atoms with Crippen LogP contribution in [0.5, 0.6) is 0 Å². The van der Waals surface area contributed by atoms with Crippen LogP contribution in [0, 0.1) is 27.7 Å². The molecule has 1 saturated heterocycles. The summed E-state index contributed by atoms with van der Waals surface area (Å²) in [6.45, 7) is 8.50. The smallest absolute Gasteiger partial charge is 0.174 e. The molecule has 6 heteroatoms. The third kappa shape index (κ3) is 3.70. The van der Waals surface area contributed by atoms with E-state index < -0.39 is 0 Å². The Labute approximate surface area is 200 Å². The van der Waals surface area contributed by atoms with Crippen LogP contribution in [0.4, 0.5) is 5.69 Å². The zero-order valence-corrected chi connectivity index (χ0v) is 20.1. The summed E-state index contributed by atoms with van der Waals surface area (Å²) < 4.78 is 2.24. The second-order valence-electron chi connectivity index (χ2n) is 8.64. The average Bonchev–Trinajstić information content (AvgIpc) is 3.31. The lowest BCUT2D eigenvalue weighted by atomic mass is 9.96. The van der Waals surface area contributed by atoms with Crippen molar-refractivity contribution in [3.63, 3.8) is 0 Å². The van der Waals surface area contributed by atoms with Gasteiger partial charge in [-0.3, -0.25) is 4.98 Å². The van der Waals surface area contributed by atoms with Crippen LogP contribution in [0.25, 0.3) is 5.82 Å². The minimum atomic E-state index is -0.0706. The van der Waals surface area contributed by atoms with Gasteiger partial charge in [-0.25, -0.2) is 4.98 Å². The molecule has 1 fully saturated rings. The minimum Gasteiger partial charge on any atom is -0.351 e. The number of anilines is 1. The molecule has 1 aliphatic rings. The second-order valence-corrected chi connectivity index (χ2v) is 9.02. The molecule has 1 N–H and O–H groups in total. The molecule has 1 aliphatic heterocycles. The van der Waals surface area contributed by atoms with E-state index in [4.69, 9.17) is 12.2 Å². The zero-order chi connectivity index (χ0) is 23.1. The van der Waals surface area contributed by atoms with Crippen LogP contribution in [-0.2, 0) is 0 Å². The Kier molecular flexibility index (Phi) is 5.46. The Morgan fingerprint density at radius 2 is 1.64 bits per heavy atom. The Bertz CT molecular complexity index is 1310. The number of benzene rings is 1. The SMILES string of the molecule is Cc1ccc(N2C(=S)NC(c3ccccn3)C2c2cc(C)n(-c3ncccc3C)c2C)cc1. The number of nitrogens with one attached hydrogen (secondary N) is 1. The number of rotatable bonds is 4. The Morgan fingerprint density at radius 1 is 0.879 bits per heavy atom. The summed E-state index contributed by atoms with van der Waals surface area (Å²) in [5, 5.41) is 4.27. The van der Waals surface area contributed by atoms with Crippen molar-refractivity contribution in [3.05, 3.63) is 107 Å². The van der Waals surface area contributed by atoms with Crippen LogP contribution in [-0.4, -0.2) is 19.6 Å². The highest BCUT2D eigenvalue weighted by atomic mass is 32.1. The number of hydrogen-bond donors (Lipinski definition) is 1. The van der Waals surface area contributed by atoms with Gasteiger partial charge >= 0.3 is 0 Å². The monoisotopic (exact) mass is 453 g/mol. The molecule has 1 aromatic carbocycles. The van der Waals surface area contributed by atoms with Gasteiger partial charge < -0.3 is 14.8 Å². The molecule has 2 unspecified atom stereocenters. The molecule has 0 aliphatic carbocycles. The van der Waals surface area contributed by atoms with Crippen LogP contribution in [0.1, 0.15) is 45.9 Å². The quantitative estimate of drug-likeness (QED) is 0.403. The van der Waals surface area contributed by atoms with Gasteiger partial charge in [0.15, 0.2) is 5.11 Å². The van der Waals surface area contributed by atoms with Crippen LogP contribution in [0.2, 0.25) is 0 Å². The van der Waals surface area contributed by atoms with E-state index in [-0.39, 0.29) is 12.1 Å². The topological polar surface area (TPSA) is 46.0 Å². The fraction of sp³-hybridized carbons (Fsp3) is 0.222. The largest absolute Gasteiger partial charge is 0.351 e. The van der Waals surface area contributed by atoms with Crippen molar-refractivity contribution in [2.24, 2.45) is 0 Å². The van der Waals surface area contributed by atoms with Gasteiger partial charge in [0, 0.05) is 29.5 Å². The molecule has 2 atom stereocenters. The van der Waals surface area contributed by atoms with Gasteiger partial charge in [-0.2, -0.15) is 0 Å². The molecule has 0 radical (unpaired) electrons. The Morgan fingerprint density at radius 3 is 2.33 bits per heavy atom. The van der Waals surface area contributed by atoms with E-state index in [0.29, 0.717) is 5.11 Å². The molecule has 3 aromatic heterocycles. The fourth-order valence-corrected chi connectivity index (χ4v) is 5.12. The van der Waals surface area contributed by atoms with Gasteiger partial charge in [0.25, 0.3) is 0 Å². The first-order valence-electron chi connectivity index (χ1n) is 11.1. The first-order chi connectivity index (χ1) is 16.0. The maximum atomic E-state index is 5.87. The summed E-state index contributed by atoms with van der Waals surface area (Å²) in [5.74, 6) is 0.962. The lowest BCUT2D eigenvalue weighted by Gasteiger charge is -2.28. The molecule has 5 nitrogen and oxygen atoms in total. The number of aryl methyl sites for hydroxylation is 3. The van der Waals surface area contributed by atoms with Gasteiger partial charge in [0.05, 0.1) is 17.8 Å². The van der Waals surface area contributed by atoms with E-state index in [1.165, 1.54) is 11.1 Å². The zero-order valence-electron chi connectivity index (χ0n) is 19.3. The highest BCUT2D eigenvalue weighted by Crippen LogP contribution is 2.43. The summed E-state index contributed by atoms with van der Waals surface area (Å²) in [6, 6.07) is 20.8. The number of hydrogen-bond acceptors (Lipinski definition) is 3. The molecule has 4 heterocycles. The molecular formula is C27H27N5S. The molecular weight excluding hydrogens is 426 g/mol. The maximum Gasteiger partial charge on any atom is 0.174 e. The van der Waals surface area contributed by atoms with Crippen LogP contribution >= 0.6 is 12.2 Å². The highest BCUT2D eigenvalue weighted by Gasteiger charge is 2.42. The highest BCUT2D eigenvalue weighted by molar-refractivity contribution is 7.80. The Hall–Kier alpha value is -3.51. The predicted molar refractivity (Wildman–Crippen MR) is 137 cm³/mol. The predicted octanol–water partition coefficient (Wildman–Crippen LogP) is 5.68. The molecule has 0 amide bonds. The number of thiocarbonyl (C=S) groups is 1. The normalized spacial score (nSPS) is 17.9.